The molecule has 1 aliphatic heterocycles. The van der Waals surface area contributed by atoms with E-state index in [-0.39, 0.29) is 5.97 Å². The Morgan fingerprint density at radius 1 is 0.967 bits per heavy atom. The standard InChI is InChI=1S/C25H21N3O2/c29-24-18-6-2-3-7-19(18)25(30-24)13-11-17(12-14-25)22-15-23(28-27-22)21-10-9-16-5-1-4-8-20(16)26-21/h1-10,15,17H,11-14H2,(H,27,28)/t17-,25-. The second kappa shape index (κ2) is 6.52. The Balaban J connectivity index is 1.23. The molecule has 0 bridgehead atoms. The van der Waals surface area contributed by atoms with Gasteiger partial charge in [0.05, 0.1) is 28.2 Å². The van der Waals surface area contributed by atoms with Crippen LogP contribution in [0, 0.1) is 0 Å². The van der Waals surface area contributed by atoms with Gasteiger partial charge in [-0.3, -0.25) is 5.10 Å². The molecule has 2 aromatic carbocycles. The highest BCUT2D eigenvalue weighted by atomic mass is 16.6. The summed E-state index contributed by atoms with van der Waals surface area (Å²) < 4.78 is 5.88. The predicted octanol–water partition coefficient (Wildman–Crippen LogP) is 5.35. The van der Waals surface area contributed by atoms with Crippen LogP contribution in [-0.2, 0) is 10.3 Å². The molecule has 1 aliphatic carbocycles. The highest BCUT2D eigenvalue weighted by Gasteiger charge is 2.47. The Bertz CT molecular complexity index is 1270. The number of fused-ring (bicyclic) bond motifs is 3. The maximum atomic E-state index is 12.3. The number of para-hydroxylation sites is 1. The van der Waals surface area contributed by atoms with Crippen molar-refractivity contribution in [3.8, 4) is 11.4 Å². The first-order valence-corrected chi connectivity index (χ1v) is 10.5. The van der Waals surface area contributed by atoms with Crippen LogP contribution in [0.1, 0.15) is 53.2 Å². The lowest BCUT2D eigenvalue weighted by Gasteiger charge is -2.36. The van der Waals surface area contributed by atoms with Crippen molar-refractivity contribution >= 4 is 16.9 Å². The fourth-order valence-corrected chi connectivity index (χ4v) is 4.99. The van der Waals surface area contributed by atoms with Gasteiger partial charge in [-0.25, -0.2) is 9.78 Å². The van der Waals surface area contributed by atoms with Crippen molar-refractivity contribution in [2.24, 2.45) is 0 Å². The van der Waals surface area contributed by atoms with Gasteiger partial charge in [-0.05, 0) is 49.9 Å². The van der Waals surface area contributed by atoms with Crippen LogP contribution in [0.2, 0.25) is 0 Å². The number of pyridine rings is 1. The second-order valence-corrected chi connectivity index (χ2v) is 8.30. The summed E-state index contributed by atoms with van der Waals surface area (Å²) in [4.78, 5) is 17.1. The van der Waals surface area contributed by atoms with Crippen LogP contribution >= 0.6 is 0 Å². The molecule has 1 fully saturated rings. The van der Waals surface area contributed by atoms with Gasteiger partial charge in [-0.15, -0.1) is 0 Å². The van der Waals surface area contributed by atoms with Crippen LogP contribution in [0.3, 0.4) is 0 Å². The van der Waals surface area contributed by atoms with Gasteiger partial charge < -0.3 is 4.74 Å². The van der Waals surface area contributed by atoms with Gasteiger partial charge in [-0.2, -0.15) is 5.10 Å². The average Bonchev–Trinajstić information content (AvgIpc) is 3.39. The Labute approximate surface area is 174 Å². The van der Waals surface area contributed by atoms with E-state index in [4.69, 9.17) is 9.72 Å². The van der Waals surface area contributed by atoms with Crippen LogP contribution in [0.4, 0.5) is 0 Å². The molecule has 0 atom stereocenters. The number of H-pyrrole nitrogens is 1. The molecule has 2 aliphatic rings. The third-order valence-electron chi connectivity index (χ3n) is 6.61. The van der Waals surface area contributed by atoms with Crippen molar-refractivity contribution in [2.45, 2.75) is 37.2 Å². The first-order valence-electron chi connectivity index (χ1n) is 10.5. The van der Waals surface area contributed by atoms with E-state index in [9.17, 15) is 4.79 Å². The van der Waals surface area contributed by atoms with E-state index in [2.05, 4.69) is 28.4 Å². The van der Waals surface area contributed by atoms with Crippen LogP contribution in [-0.4, -0.2) is 21.2 Å². The third kappa shape index (κ3) is 2.65. The van der Waals surface area contributed by atoms with Gasteiger partial charge in [0.2, 0.25) is 0 Å². The molecule has 1 saturated carbocycles. The van der Waals surface area contributed by atoms with E-state index >= 15 is 0 Å². The molecule has 0 saturated heterocycles. The monoisotopic (exact) mass is 395 g/mol. The largest absolute Gasteiger partial charge is 0.451 e. The zero-order valence-electron chi connectivity index (χ0n) is 16.5. The summed E-state index contributed by atoms with van der Waals surface area (Å²) in [5, 5.41) is 8.90. The number of hydrogen-bond donors (Lipinski definition) is 1. The molecule has 5 nitrogen and oxygen atoms in total. The van der Waals surface area contributed by atoms with E-state index in [0.29, 0.717) is 5.92 Å². The lowest BCUT2D eigenvalue weighted by atomic mass is 9.74. The zero-order valence-corrected chi connectivity index (χ0v) is 16.5. The Hall–Kier alpha value is -3.47. The number of carbonyl (C=O) groups is 1. The number of nitrogens with one attached hydrogen (secondary N) is 1. The van der Waals surface area contributed by atoms with E-state index in [1.165, 1.54) is 0 Å². The normalized spacial score (nSPS) is 22.9. The minimum absolute atomic E-state index is 0.187. The molecule has 5 heteroatoms. The molecule has 1 N–H and O–H groups in total. The molecule has 4 aromatic rings. The summed E-state index contributed by atoms with van der Waals surface area (Å²) in [5.41, 5.74) is 5.20. The maximum absolute atomic E-state index is 12.3. The van der Waals surface area contributed by atoms with Gasteiger partial charge in [0, 0.05) is 16.9 Å². The first-order chi connectivity index (χ1) is 14.7. The van der Waals surface area contributed by atoms with E-state index in [1.54, 1.807) is 0 Å². The molecule has 30 heavy (non-hydrogen) atoms. The van der Waals surface area contributed by atoms with Gasteiger partial charge in [-0.1, -0.05) is 42.5 Å². The topological polar surface area (TPSA) is 67.9 Å². The molecular formula is C25H21N3O2. The minimum atomic E-state index is -0.455. The molecule has 6 rings (SSSR count). The fourth-order valence-electron chi connectivity index (χ4n) is 4.99. The first kappa shape index (κ1) is 17.4. The highest BCUT2D eigenvalue weighted by molar-refractivity contribution is 5.94. The summed E-state index contributed by atoms with van der Waals surface area (Å²) in [6.07, 6.45) is 3.54. The number of aromatic amines is 1. The van der Waals surface area contributed by atoms with Gasteiger partial charge >= 0.3 is 5.97 Å². The number of carbonyl (C=O) groups excluding carboxylic acids is 1. The molecule has 1 spiro atoms. The number of ether oxygens (including phenoxy) is 1. The van der Waals surface area contributed by atoms with Crippen LogP contribution in [0.25, 0.3) is 22.3 Å². The zero-order chi connectivity index (χ0) is 20.1. The van der Waals surface area contributed by atoms with Crippen LogP contribution in [0.5, 0.6) is 0 Å². The van der Waals surface area contributed by atoms with Crippen molar-refractivity contribution in [3.63, 3.8) is 0 Å². The fraction of sp³-hybridized carbons (Fsp3) is 0.240. The number of nitrogens with zero attached hydrogens (tertiary/aromatic N) is 2. The number of rotatable bonds is 2. The Kier molecular flexibility index (Phi) is 3.78. The lowest BCUT2D eigenvalue weighted by Crippen LogP contribution is -2.31. The molecule has 3 heterocycles. The lowest BCUT2D eigenvalue weighted by molar-refractivity contribution is -0.0311. The molecule has 0 radical (unpaired) electrons. The molecular weight excluding hydrogens is 374 g/mol. The molecule has 148 valence electrons. The van der Waals surface area contributed by atoms with E-state index < -0.39 is 5.60 Å². The molecule has 2 aromatic heterocycles. The van der Waals surface area contributed by atoms with Crippen molar-refractivity contribution < 1.29 is 9.53 Å². The maximum Gasteiger partial charge on any atom is 0.339 e. The second-order valence-electron chi connectivity index (χ2n) is 8.30. The number of esters is 1. The Morgan fingerprint density at radius 3 is 2.67 bits per heavy atom. The quantitative estimate of drug-likeness (QED) is 0.465. The molecule has 0 unspecified atom stereocenters. The number of benzene rings is 2. The summed E-state index contributed by atoms with van der Waals surface area (Å²) >= 11 is 0. The highest BCUT2D eigenvalue weighted by Crippen LogP contribution is 2.50. The predicted molar refractivity (Wildman–Crippen MR) is 114 cm³/mol. The summed E-state index contributed by atoms with van der Waals surface area (Å²) in [6, 6.07) is 22.2. The van der Waals surface area contributed by atoms with Gasteiger partial charge in [0.15, 0.2) is 0 Å². The molecule has 0 amide bonds. The van der Waals surface area contributed by atoms with Crippen molar-refractivity contribution in [2.75, 3.05) is 0 Å². The van der Waals surface area contributed by atoms with Crippen molar-refractivity contribution in [1.29, 1.82) is 0 Å². The summed E-state index contributed by atoms with van der Waals surface area (Å²) in [6.45, 7) is 0. The van der Waals surface area contributed by atoms with Gasteiger partial charge in [0.25, 0.3) is 0 Å². The minimum Gasteiger partial charge on any atom is -0.451 e. The summed E-state index contributed by atoms with van der Waals surface area (Å²) in [7, 11) is 0. The van der Waals surface area contributed by atoms with Crippen molar-refractivity contribution in [3.05, 3.63) is 83.6 Å². The number of aromatic nitrogens is 3. The average molecular weight is 395 g/mol. The summed E-state index contributed by atoms with van der Waals surface area (Å²) in [5.74, 6) is 0.168. The smallest absolute Gasteiger partial charge is 0.339 e. The third-order valence-corrected chi connectivity index (χ3v) is 6.61. The van der Waals surface area contributed by atoms with E-state index in [1.807, 2.05) is 48.5 Å². The van der Waals surface area contributed by atoms with Gasteiger partial charge in [0.1, 0.15) is 5.60 Å². The number of hydrogen-bond acceptors (Lipinski definition) is 4. The Morgan fingerprint density at radius 2 is 1.77 bits per heavy atom. The van der Waals surface area contributed by atoms with E-state index in [0.717, 1.165) is 64.8 Å². The van der Waals surface area contributed by atoms with Crippen LogP contribution in [0.15, 0.2) is 66.7 Å². The van der Waals surface area contributed by atoms with Crippen molar-refractivity contribution in [1.82, 2.24) is 15.2 Å². The van der Waals surface area contributed by atoms with Crippen LogP contribution < -0.4 is 0 Å². The SMILES string of the molecule is O=C1O[C@]2(CC[C@H](c3cc(-c4ccc5ccccc5n4)[nH]n3)CC2)c2ccccc21.